The predicted molar refractivity (Wildman–Crippen MR) is 105 cm³/mol. The van der Waals surface area contributed by atoms with Gasteiger partial charge in [0, 0.05) is 0 Å². The Morgan fingerprint density at radius 3 is 1.92 bits per heavy atom. The molecule has 0 saturated heterocycles. The summed E-state index contributed by atoms with van der Waals surface area (Å²) in [5, 5.41) is 3.03. The molecule has 0 aliphatic heterocycles. The molecule has 2 bridgehead atoms. The van der Waals surface area contributed by atoms with Crippen molar-refractivity contribution in [3.8, 4) is 0 Å². The highest BCUT2D eigenvalue weighted by Gasteiger charge is 2.58. The van der Waals surface area contributed by atoms with Crippen LogP contribution in [0.2, 0.25) is 0 Å². The van der Waals surface area contributed by atoms with Crippen molar-refractivity contribution >= 4 is 18.5 Å². The van der Waals surface area contributed by atoms with Gasteiger partial charge in [-0.15, -0.1) is 0 Å². The van der Waals surface area contributed by atoms with Gasteiger partial charge < -0.3 is 5.73 Å². The van der Waals surface area contributed by atoms with Gasteiger partial charge in [0.15, 0.2) is 0 Å². The lowest BCUT2D eigenvalue weighted by molar-refractivity contribution is -0.0982. The lowest BCUT2D eigenvalue weighted by Crippen LogP contribution is -2.59. The van der Waals surface area contributed by atoms with E-state index in [-0.39, 0.29) is 7.92 Å². The first kappa shape index (κ1) is 16.3. The van der Waals surface area contributed by atoms with Crippen LogP contribution in [-0.4, -0.2) is 12.2 Å². The van der Waals surface area contributed by atoms with Crippen LogP contribution in [0.1, 0.15) is 26.7 Å². The minimum atomic E-state index is -0.332. The second-order valence-corrected chi connectivity index (χ2v) is 10.5. The van der Waals surface area contributed by atoms with E-state index in [1.807, 2.05) is 0 Å². The van der Waals surface area contributed by atoms with Gasteiger partial charge in [0.1, 0.15) is 0 Å². The van der Waals surface area contributed by atoms with Crippen molar-refractivity contribution in [1.29, 1.82) is 0 Å². The van der Waals surface area contributed by atoms with Crippen LogP contribution in [0.5, 0.6) is 0 Å². The van der Waals surface area contributed by atoms with Crippen LogP contribution in [0.4, 0.5) is 0 Å². The summed E-state index contributed by atoms with van der Waals surface area (Å²) in [6.07, 6.45) is 2.75. The van der Waals surface area contributed by atoms with Gasteiger partial charge >= 0.3 is 0 Å². The molecule has 2 aromatic carbocycles. The van der Waals surface area contributed by atoms with Gasteiger partial charge in [-0.3, -0.25) is 0 Å². The van der Waals surface area contributed by atoms with E-state index < -0.39 is 0 Å². The van der Waals surface area contributed by atoms with Crippen LogP contribution >= 0.6 is 7.92 Å². The highest BCUT2D eigenvalue weighted by atomic mass is 31.1. The minimum absolute atomic E-state index is 0.332. The normalized spacial score (nSPS) is 30.8. The lowest BCUT2D eigenvalue weighted by Gasteiger charge is -2.63. The van der Waals surface area contributed by atoms with Crippen LogP contribution < -0.4 is 16.3 Å². The maximum absolute atomic E-state index is 6.33. The Morgan fingerprint density at radius 1 is 0.917 bits per heavy atom. The predicted octanol–water partition coefficient (Wildman–Crippen LogP) is 4.13. The van der Waals surface area contributed by atoms with Crippen molar-refractivity contribution in [2.45, 2.75) is 32.3 Å². The van der Waals surface area contributed by atoms with Gasteiger partial charge in [0.25, 0.3) is 0 Å². The fourth-order valence-corrected chi connectivity index (χ4v) is 8.47. The first-order valence-corrected chi connectivity index (χ1v) is 10.6. The number of benzene rings is 2. The highest BCUT2D eigenvalue weighted by molar-refractivity contribution is 7.73. The number of hydrogen-bond acceptors (Lipinski definition) is 1. The molecule has 2 heteroatoms. The Bertz CT molecular complexity index is 642. The molecule has 2 aromatic rings. The topological polar surface area (TPSA) is 26.0 Å². The molecule has 0 amide bonds. The Morgan fingerprint density at radius 2 is 1.46 bits per heavy atom. The van der Waals surface area contributed by atoms with Crippen LogP contribution in [0, 0.1) is 23.2 Å². The summed E-state index contributed by atoms with van der Waals surface area (Å²) in [5.41, 5.74) is 7.56. The van der Waals surface area contributed by atoms with E-state index in [0.29, 0.717) is 11.3 Å². The molecule has 0 spiro atoms. The molecule has 0 radical (unpaired) electrons. The molecule has 1 nitrogen and oxygen atoms in total. The summed E-state index contributed by atoms with van der Waals surface area (Å²) in [4.78, 5) is 0. The molecule has 0 heterocycles. The SMILES string of the molecule is CC1(C)[C@H]2C[C@H](P(c3ccccc3)c3ccccc3)[C@@H](CN)[C@@H]1C2. The summed E-state index contributed by atoms with van der Waals surface area (Å²) < 4.78 is 0. The maximum Gasteiger partial charge on any atom is -0.00397 e. The standard InChI is InChI=1S/C22H28NP/c1-22(2)16-13-20(22)19(15-23)21(14-16)24(17-9-5-3-6-10-17)18-11-7-4-8-12-18/h3-12,16,19-21H,13-15,23H2,1-2H3/t16-,19+,20+,21+/m1/s1. The quantitative estimate of drug-likeness (QED) is 0.834. The fourth-order valence-electron chi connectivity index (χ4n) is 5.24. The van der Waals surface area contributed by atoms with Crippen molar-refractivity contribution < 1.29 is 0 Å². The van der Waals surface area contributed by atoms with Crippen molar-refractivity contribution in [1.82, 2.24) is 0 Å². The summed E-state index contributed by atoms with van der Waals surface area (Å²) in [7, 11) is -0.332. The van der Waals surface area contributed by atoms with E-state index >= 15 is 0 Å². The monoisotopic (exact) mass is 337 g/mol. The molecule has 0 aromatic heterocycles. The second-order valence-electron chi connectivity index (χ2n) is 8.10. The summed E-state index contributed by atoms with van der Waals surface area (Å²) in [5.74, 6) is 2.35. The third-order valence-electron chi connectivity index (χ3n) is 6.76. The average molecular weight is 337 g/mol. The van der Waals surface area contributed by atoms with E-state index in [0.717, 1.165) is 24.0 Å². The molecule has 24 heavy (non-hydrogen) atoms. The zero-order valence-corrected chi connectivity index (χ0v) is 15.6. The average Bonchev–Trinajstić information content (AvgIpc) is 2.63. The number of hydrogen-bond donors (Lipinski definition) is 1. The summed E-state index contributed by atoms with van der Waals surface area (Å²) in [6.45, 7) is 5.78. The molecule has 3 saturated carbocycles. The van der Waals surface area contributed by atoms with Crippen molar-refractivity contribution in [3.63, 3.8) is 0 Å². The van der Waals surface area contributed by atoms with E-state index in [9.17, 15) is 0 Å². The number of rotatable bonds is 4. The zero-order chi connectivity index (χ0) is 16.7. The van der Waals surface area contributed by atoms with Crippen LogP contribution in [0.15, 0.2) is 60.7 Å². The Balaban J connectivity index is 1.75. The molecule has 5 rings (SSSR count). The van der Waals surface area contributed by atoms with Crippen molar-refractivity contribution in [2.75, 3.05) is 6.54 Å². The molecule has 2 N–H and O–H groups in total. The molecule has 4 atom stereocenters. The largest absolute Gasteiger partial charge is 0.330 e. The third-order valence-corrected chi connectivity index (χ3v) is 9.72. The van der Waals surface area contributed by atoms with Gasteiger partial charge in [0.2, 0.25) is 0 Å². The fraction of sp³-hybridized carbons (Fsp3) is 0.455. The van der Waals surface area contributed by atoms with E-state index in [1.165, 1.54) is 23.5 Å². The van der Waals surface area contributed by atoms with Crippen molar-refractivity contribution in [3.05, 3.63) is 60.7 Å². The van der Waals surface area contributed by atoms with Gasteiger partial charge in [-0.2, -0.15) is 0 Å². The second kappa shape index (κ2) is 6.28. The number of fused-ring (bicyclic) bond motifs is 2. The maximum atomic E-state index is 6.33. The molecule has 3 aliphatic carbocycles. The molecule has 3 aliphatic rings. The Kier molecular flexibility index (Phi) is 4.27. The van der Waals surface area contributed by atoms with E-state index in [1.54, 1.807) is 0 Å². The van der Waals surface area contributed by atoms with Gasteiger partial charge in [-0.25, -0.2) is 0 Å². The number of nitrogens with two attached hydrogens (primary N) is 1. The first-order chi connectivity index (χ1) is 11.6. The smallest absolute Gasteiger partial charge is 0.00397 e. The lowest BCUT2D eigenvalue weighted by atomic mass is 9.45. The highest BCUT2D eigenvalue weighted by Crippen LogP contribution is 2.66. The van der Waals surface area contributed by atoms with Gasteiger partial charge in [-0.1, -0.05) is 74.5 Å². The van der Waals surface area contributed by atoms with Gasteiger partial charge in [0.05, 0.1) is 0 Å². The molecule has 126 valence electrons. The first-order valence-electron chi connectivity index (χ1n) is 9.22. The van der Waals surface area contributed by atoms with Crippen LogP contribution in [0.25, 0.3) is 0 Å². The van der Waals surface area contributed by atoms with E-state index in [4.69, 9.17) is 5.73 Å². The Labute approximate surface area is 147 Å². The summed E-state index contributed by atoms with van der Waals surface area (Å²) in [6, 6.07) is 22.4. The molecular weight excluding hydrogens is 309 g/mol. The third kappa shape index (κ3) is 2.54. The molecular formula is C22H28NP. The zero-order valence-electron chi connectivity index (χ0n) is 14.7. The molecule has 3 fully saturated rings. The minimum Gasteiger partial charge on any atom is -0.330 e. The summed E-state index contributed by atoms with van der Waals surface area (Å²) >= 11 is 0. The Hall–Kier alpha value is -1.17. The van der Waals surface area contributed by atoms with Crippen molar-refractivity contribution in [2.24, 2.45) is 28.9 Å². The molecule has 0 unspecified atom stereocenters. The van der Waals surface area contributed by atoms with Crippen LogP contribution in [-0.2, 0) is 0 Å². The van der Waals surface area contributed by atoms with Crippen LogP contribution in [0.3, 0.4) is 0 Å². The van der Waals surface area contributed by atoms with Gasteiger partial charge in [-0.05, 0) is 66.7 Å². The van der Waals surface area contributed by atoms with E-state index in [2.05, 4.69) is 74.5 Å².